The summed E-state index contributed by atoms with van der Waals surface area (Å²) in [5.41, 5.74) is 1.94. The molecule has 166 valence electrons. The van der Waals surface area contributed by atoms with E-state index in [4.69, 9.17) is 11.6 Å². The van der Waals surface area contributed by atoms with Crippen molar-refractivity contribution in [2.75, 3.05) is 38.0 Å². The van der Waals surface area contributed by atoms with Crippen molar-refractivity contribution >= 4 is 40.0 Å². The van der Waals surface area contributed by atoms with E-state index in [-0.39, 0.29) is 30.5 Å². The van der Waals surface area contributed by atoms with Crippen molar-refractivity contribution in [1.82, 2.24) is 19.4 Å². The van der Waals surface area contributed by atoms with E-state index in [1.165, 1.54) is 10.9 Å². The number of aryl methyl sites for hydroxylation is 1. The number of halogens is 1. The van der Waals surface area contributed by atoms with E-state index in [2.05, 4.69) is 10.3 Å². The molecular weight excluding hydrogens is 430 g/mol. The summed E-state index contributed by atoms with van der Waals surface area (Å²) in [6, 6.07) is 12.5. The maximum atomic E-state index is 12.8. The van der Waals surface area contributed by atoms with Crippen molar-refractivity contribution < 1.29 is 9.59 Å². The number of rotatable bonds is 5. The van der Waals surface area contributed by atoms with Crippen LogP contribution in [0.25, 0.3) is 10.9 Å². The highest BCUT2D eigenvalue weighted by Crippen LogP contribution is 2.20. The number of aromatic nitrogens is 2. The molecule has 1 saturated heterocycles. The average Bonchev–Trinajstić information content (AvgIpc) is 2.78. The van der Waals surface area contributed by atoms with Gasteiger partial charge in [0.2, 0.25) is 11.8 Å². The first-order valence-electron chi connectivity index (χ1n) is 10.4. The third kappa shape index (κ3) is 4.81. The van der Waals surface area contributed by atoms with Crippen molar-refractivity contribution in [2.45, 2.75) is 13.5 Å². The molecule has 0 saturated carbocycles. The number of nitrogens with one attached hydrogen (secondary N) is 1. The van der Waals surface area contributed by atoms with Crippen LogP contribution in [0.1, 0.15) is 5.56 Å². The lowest BCUT2D eigenvalue weighted by atomic mass is 10.1. The Bertz CT molecular complexity index is 1220. The first kappa shape index (κ1) is 22.0. The molecule has 3 aromatic rings. The minimum atomic E-state index is -0.220. The highest BCUT2D eigenvalue weighted by molar-refractivity contribution is 6.33. The van der Waals surface area contributed by atoms with E-state index in [0.29, 0.717) is 47.8 Å². The van der Waals surface area contributed by atoms with Gasteiger partial charge in [0.15, 0.2) is 0 Å². The van der Waals surface area contributed by atoms with Crippen LogP contribution in [0.2, 0.25) is 5.02 Å². The predicted molar refractivity (Wildman–Crippen MR) is 124 cm³/mol. The normalized spacial score (nSPS) is 14.5. The molecule has 0 spiro atoms. The number of carbonyl (C=O) groups excluding carboxylic acids is 2. The number of nitrogens with zero attached hydrogens (tertiary/aromatic N) is 4. The van der Waals surface area contributed by atoms with Gasteiger partial charge in [0.05, 0.1) is 34.5 Å². The van der Waals surface area contributed by atoms with E-state index in [1.807, 2.05) is 30.0 Å². The second-order valence-corrected chi connectivity index (χ2v) is 8.24. The molecule has 2 aromatic carbocycles. The number of piperazine rings is 1. The summed E-state index contributed by atoms with van der Waals surface area (Å²) in [7, 11) is 0. The molecule has 0 unspecified atom stereocenters. The molecule has 2 heterocycles. The SMILES string of the molecule is Cc1cccc2c(=O)n(CC(=O)N3CCN(CC(=O)Nc4ccccc4Cl)CC3)cnc12. The van der Waals surface area contributed by atoms with E-state index in [9.17, 15) is 14.4 Å². The van der Waals surface area contributed by atoms with Gasteiger partial charge in [0, 0.05) is 26.2 Å². The molecule has 0 radical (unpaired) electrons. The number of benzene rings is 2. The third-order valence-corrected chi connectivity index (χ3v) is 5.93. The van der Waals surface area contributed by atoms with Gasteiger partial charge in [-0.2, -0.15) is 0 Å². The minimum absolute atomic E-state index is 0.0529. The first-order valence-corrected chi connectivity index (χ1v) is 10.8. The smallest absolute Gasteiger partial charge is 0.261 e. The third-order valence-electron chi connectivity index (χ3n) is 5.60. The summed E-state index contributed by atoms with van der Waals surface area (Å²) in [6.07, 6.45) is 1.44. The molecule has 1 aliphatic rings. The van der Waals surface area contributed by atoms with Gasteiger partial charge >= 0.3 is 0 Å². The van der Waals surface area contributed by atoms with Crippen LogP contribution in [0.4, 0.5) is 5.69 Å². The Labute approximate surface area is 190 Å². The van der Waals surface area contributed by atoms with E-state index in [0.717, 1.165) is 5.56 Å². The number of anilines is 1. The van der Waals surface area contributed by atoms with Gasteiger partial charge in [-0.25, -0.2) is 4.98 Å². The van der Waals surface area contributed by atoms with Gasteiger partial charge in [-0.1, -0.05) is 35.9 Å². The quantitative estimate of drug-likeness (QED) is 0.639. The van der Waals surface area contributed by atoms with Gasteiger partial charge in [-0.15, -0.1) is 0 Å². The first-order chi connectivity index (χ1) is 15.4. The Morgan fingerprint density at radius 1 is 1.03 bits per heavy atom. The van der Waals surface area contributed by atoms with Crippen molar-refractivity contribution in [3.05, 3.63) is 69.7 Å². The molecule has 0 aliphatic carbocycles. The number of hydrogen-bond acceptors (Lipinski definition) is 5. The lowest BCUT2D eigenvalue weighted by molar-refractivity contribution is -0.133. The Hall–Kier alpha value is -3.23. The van der Waals surface area contributed by atoms with Crippen LogP contribution >= 0.6 is 11.6 Å². The summed E-state index contributed by atoms with van der Waals surface area (Å²) in [4.78, 5) is 45.9. The molecule has 2 amide bonds. The number of amides is 2. The Kier molecular flexibility index (Phi) is 6.53. The highest BCUT2D eigenvalue weighted by atomic mass is 35.5. The molecule has 1 fully saturated rings. The van der Waals surface area contributed by atoms with Crippen molar-refractivity contribution in [3.8, 4) is 0 Å². The summed E-state index contributed by atoms with van der Waals surface area (Å²) in [6.45, 7) is 4.21. The lowest BCUT2D eigenvalue weighted by Crippen LogP contribution is -2.51. The molecule has 32 heavy (non-hydrogen) atoms. The number of hydrogen-bond donors (Lipinski definition) is 1. The fourth-order valence-corrected chi connectivity index (χ4v) is 3.99. The topological polar surface area (TPSA) is 87.5 Å². The fourth-order valence-electron chi connectivity index (χ4n) is 3.81. The van der Waals surface area contributed by atoms with Gasteiger partial charge in [-0.05, 0) is 30.7 Å². The number of fused-ring (bicyclic) bond motifs is 1. The molecule has 1 aromatic heterocycles. The van der Waals surface area contributed by atoms with Gasteiger partial charge in [0.25, 0.3) is 5.56 Å². The molecule has 1 N–H and O–H groups in total. The zero-order valence-electron chi connectivity index (χ0n) is 17.8. The maximum Gasteiger partial charge on any atom is 0.261 e. The zero-order valence-corrected chi connectivity index (χ0v) is 18.5. The van der Waals surface area contributed by atoms with Gasteiger partial charge in [-0.3, -0.25) is 23.9 Å². The van der Waals surface area contributed by atoms with Crippen LogP contribution in [-0.2, 0) is 16.1 Å². The highest BCUT2D eigenvalue weighted by Gasteiger charge is 2.23. The predicted octanol–water partition coefficient (Wildman–Crippen LogP) is 2.14. The molecule has 0 atom stereocenters. The van der Waals surface area contributed by atoms with Gasteiger partial charge in [0.1, 0.15) is 6.54 Å². The van der Waals surface area contributed by atoms with Crippen LogP contribution < -0.4 is 10.9 Å². The molecular formula is C23H24ClN5O3. The van der Waals surface area contributed by atoms with Crippen LogP contribution in [-0.4, -0.2) is 63.9 Å². The van der Waals surface area contributed by atoms with Crippen LogP contribution in [0.5, 0.6) is 0 Å². The molecule has 8 nitrogen and oxygen atoms in total. The van der Waals surface area contributed by atoms with Crippen molar-refractivity contribution in [1.29, 1.82) is 0 Å². The monoisotopic (exact) mass is 453 g/mol. The van der Waals surface area contributed by atoms with Crippen LogP contribution in [0.15, 0.2) is 53.6 Å². The zero-order chi connectivity index (χ0) is 22.7. The van der Waals surface area contributed by atoms with Crippen LogP contribution in [0.3, 0.4) is 0 Å². The van der Waals surface area contributed by atoms with E-state index < -0.39 is 0 Å². The van der Waals surface area contributed by atoms with Crippen molar-refractivity contribution in [2.24, 2.45) is 0 Å². The maximum absolute atomic E-state index is 12.8. The largest absolute Gasteiger partial charge is 0.339 e. The summed E-state index contributed by atoms with van der Waals surface area (Å²) in [5.74, 6) is -0.289. The number of carbonyl (C=O) groups is 2. The molecule has 4 rings (SSSR count). The van der Waals surface area contributed by atoms with Crippen LogP contribution in [0, 0.1) is 6.92 Å². The summed E-state index contributed by atoms with van der Waals surface area (Å²) in [5, 5.41) is 3.81. The Morgan fingerprint density at radius 3 is 2.53 bits per heavy atom. The van der Waals surface area contributed by atoms with E-state index in [1.54, 1.807) is 29.2 Å². The lowest BCUT2D eigenvalue weighted by Gasteiger charge is -2.34. The molecule has 0 bridgehead atoms. The Morgan fingerprint density at radius 2 is 1.78 bits per heavy atom. The van der Waals surface area contributed by atoms with Gasteiger partial charge < -0.3 is 10.2 Å². The van der Waals surface area contributed by atoms with Crippen molar-refractivity contribution in [3.63, 3.8) is 0 Å². The van der Waals surface area contributed by atoms with E-state index >= 15 is 0 Å². The Balaban J connectivity index is 1.32. The fraction of sp³-hybridized carbons (Fsp3) is 0.304. The summed E-state index contributed by atoms with van der Waals surface area (Å²) >= 11 is 6.08. The minimum Gasteiger partial charge on any atom is -0.339 e. The molecule has 9 heteroatoms. The summed E-state index contributed by atoms with van der Waals surface area (Å²) < 4.78 is 1.35. The number of para-hydroxylation sites is 2. The average molecular weight is 454 g/mol. The second-order valence-electron chi connectivity index (χ2n) is 7.83. The molecule has 1 aliphatic heterocycles. The standard InChI is InChI=1S/C23H24ClN5O3/c1-16-5-4-6-17-22(16)25-15-29(23(17)32)14-21(31)28-11-9-27(10-12-28)13-20(30)26-19-8-3-2-7-18(19)24/h2-8,15H,9-14H2,1H3,(H,26,30). The second kappa shape index (κ2) is 9.50.